The summed E-state index contributed by atoms with van der Waals surface area (Å²) in [6.45, 7) is 0.103. The molecule has 69 heavy (non-hydrogen) atoms. The molecule has 15 atom stereocenters. The molecule has 6 amide bonds. The Morgan fingerprint density at radius 2 is 0.768 bits per heavy atom. The van der Waals surface area contributed by atoms with Gasteiger partial charge in [0.1, 0.15) is 6.61 Å². The van der Waals surface area contributed by atoms with E-state index < -0.39 is 71.8 Å². The summed E-state index contributed by atoms with van der Waals surface area (Å²) in [6, 6.07) is 6.06. The third-order valence-corrected chi connectivity index (χ3v) is 16.3. The Hall–Kier alpha value is -4.81. The van der Waals surface area contributed by atoms with Crippen LogP contribution in [0.25, 0.3) is 0 Å². The van der Waals surface area contributed by atoms with E-state index in [4.69, 9.17) is 26.7 Å². The second kappa shape index (κ2) is 24.8. The van der Waals surface area contributed by atoms with E-state index in [-0.39, 0.29) is 66.3 Å². The van der Waals surface area contributed by atoms with Gasteiger partial charge < -0.3 is 58.6 Å². The van der Waals surface area contributed by atoms with Gasteiger partial charge in [0.25, 0.3) is 0 Å². The zero-order valence-electron chi connectivity index (χ0n) is 40.5. The lowest BCUT2D eigenvalue weighted by Crippen LogP contribution is -2.59. The molecule has 6 saturated carbocycles. The summed E-state index contributed by atoms with van der Waals surface area (Å²) >= 11 is 0. The van der Waals surface area contributed by atoms with E-state index in [0.717, 1.165) is 44.1 Å². The smallest absolute Gasteiger partial charge is 0.407 e. The second-order valence-corrected chi connectivity index (χ2v) is 21.1. The molecule has 0 saturated heterocycles. The van der Waals surface area contributed by atoms with Crippen LogP contribution in [0.4, 0.5) is 4.79 Å². The Balaban J connectivity index is 0.951. The van der Waals surface area contributed by atoms with Crippen molar-refractivity contribution in [1.29, 1.82) is 0 Å². The van der Waals surface area contributed by atoms with E-state index in [1.54, 1.807) is 0 Å². The van der Waals surface area contributed by atoms with Crippen LogP contribution in [0, 0.1) is 35.5 Å². The number of nitrogens with one attached hydrogen (secondary N) is 6. The molecule has 1 aromatic carbocycles. The molecule has 18 heteroatoms. The highest BCUT2D eigenvalue weighted by molar-refractivity contribution is 5.87. The van der Waals surface area contributed by atoms with Crippen LogP contribution in [-0.2, 0) is 44.8 Å². The zero-order valence-corrected chi connectivity index (χ0v) is 40.5. The zero-order chi connectivity index (χ0) is 49.0. The topological polar surface area (TPSA) is 288 Å². The fourth-order valence-corrected chi connectivity index (χ4v) is 12.3. The number of carbonyl (C=O) groups is 7. The lowest BCUT2D eigenvalue weighted by molar-refractivity contribution is -0.148. The van der Waals surface area contributed by atoms with Crippen molar-refractivity contribution >= 4 is 41.6 Å². The van der Waals surface area contributed by atoms with Crippen molar-refractivity contribution in [1.82, 2.24) is 31.9 Å². The van der Waals surface area contributed by atoms with Crippen molar-refractivity contribution < 1.29 is 43.0 Å². The molecule has 18 nitrogen and oxygen atoms in total. The first-order chi connectivity index (χ1) is 33.3. The summed E-state index contributed by atoms with van der Waals surface area (Å²) in [5.41, 5.74) is 20.1. The van der Waals surface area contributed by atoms with Crippen molar-refractivity contribution in [3.63, 3.8) is 0 Å². The molecule has 0 aliphatic heterocycles. The number of ether oxygens (including phenoxy) is 2. The number of hydrogen-bond donors (Lipinski definition) is 9. The number of hydrogen-bond acceptors (Lipinski definition) is 12. The van der Waals surface area contributed by atoms with Gasteiger partial charge in [-0.15, -0.1) is 0 Å². The Labute approximate surface area is 406 Å². The molecule has 0 unspecified atom stereocenters. The van der Waals surface area contributed by atoms with Crippen LogP contribution in [0.1, 0.15) is 140 Å². The molecule has 6 fully saturated rings. The number of esters is 1. The van der Waals surface area contributed by atoms with Gasteiger partial charge in [-0.2, -0.15) is 0 Å². The molecule has 1 aromatic rings. The summed E-state index contributed by atoms with van der Waals surface area (Å²) in [5, 5.41) is 18.9. The van der Waals surface area contributed by atoms with E-state index in [2.05, 4.69) is 31.9 Å². The predicted molar refractivity (Wildman–Crippen MR) is 257 cm³/mol. The fourth-order valence-electron chi connectivity index (χ4n) is 12.3. The van der Waals surface area contributed by atoms with Crippen LogP contribution in [0.15, 0.2) is 30.3 Å². The molecule has 0 heterocycles. The first-order valence-electron chi connectivity index (χ1n) is 26.1. The Bertz CT molecular complexity index is 1940. The number of alkyl carbamates (subject to hydrolysis) is 1. The van der Waals surface area contributed by atoms with Crippen LogP contribution in [-0.4, -0.2) is 103 Å². The minimum atomic E-state index is -0.626. The molecule has 0 bridgehead atoms. The van der Waals surface area contributed by atoms with Crippen molar-refractivity contribution in [2.75, 3.05) is 7.11 Å². The van der Waals surface area contributed by atoms with Gasteiger partial charge in [0, 0.05) is 54.4 Å². The standard InChI is InChI=1S/C51H79N9O9/c1-68-50(66)35-15-7-10-18-41(35)57-48(64)37-26-31(53)20-23-43(37)59-45(61)33-13-5-8-16-39(33)55-47(63)36-25-30(52)19-22-42(36)58-46(62)34-14-6-9-17-40(34)56-49(65)38-27-32(54)21-24-44(38)60-51(67)69-28-29-11-3-2-4-12-29/h2-4,11-12,30-44H,5-10,13-28,52-54H2,1H3,(H,55,63)(H,56,65)(H,57,64)(H,58,62)(H,59,61)(H,60,67)/t30-,31-,32-,33-,34-,35-,36-,37-,38-,39-,40-,41-,42-,43-,44-/m1/s1. The lowest BCUT2D eigenvalue weighted by Gasteiger charge is -2.40. The molecule has 0 aromatic heterocycles. The molecular weight excluding hydrogens is 883 g/mol. The number of nitrogens with two attached hydrogens (primary N) is 3. The first-order valence-corrected chi connectivity index (χ1v) is 26.1. The molecule has 6 aliphatic carbocycles. The van der Waals surface area contributed by atoms with Gasteiger partial charge in [-0.3, -0.25) is 28.8 Å². The average molecular weight is 962 g/mol. The van der Waals surface area contributed by atoms with Crippen LogP contribution in [0.5, 0.6) is 0 Å². The van der Waals surface area contributed by atoms with E-state index in [0.29, 0.717) is 96.3 Å². The van der Waals surface area contributed by atoms with Gasteiger partial charge >= 0.3 is 12.1 Å². The number of rotatable bonds is 14. The third-order valence-electron chi connectivity index (χ3n) is 16.3. The molecule has 7 rings (SSSR count). The number of benzene rings is 1. The van der Waals surface area contributed by atoms with Crippen molar-refractivity contribution in [2.24, 2.45) is 52.7 Å². The lowest BCUT2D eigenvalue weighted by atomic mass is 9.77. The molecule has 0 spiro atoms. The van der Waals surface area contributed by atoms with E-state index in [9.17, 15) is 33.6 Å². The first kappa shape index (κ1) is 52.0. The monoisotopic (exact) mass is 962 g/mol. The summed E-state index contributed by atoms with van der Waals surface area (Å²) in [6.07, 6.45) is 12.8. The SMILES string of the molecule is COC(=O)[C@@H]1CCCC[C@H]1NC(=O)[C@@H]1C[C@H](N)CC[C@H]1NC(=O)[C@@H]1CCCC[C@H]1NC(=O)[C@@H]1C[C@H](N)CC[C@H]1NC(=O)[C@@H]1CCCC[C@H]1NC(=O)[C@@H]1C[C@H](N)CC[C@H]1NC(=O)OCc1ccccc1. The highest BCUT2D eigenvalue weighted by Gasteiger charge is 2.44. The second-order valence-electron chi connectivity index (χ2n) is 21.1. The summed E-state index contributed by atoms with van der Waals surface area (Å²) in [7, 11) is 1.36. The van der Waals surface area contributed by atoms with Crippen LogP contribution in [0.3, 0.4) is 0 Å². The third kappa shape index (κ3) is 14.0. The van der Waals surface area contributed by atoms with Gasteiger partial charge in [-0.1, -0.05) is 68.9 Å². The van der Waals surface area contributed by atoms with Crippen LogP contribution in [0.2, 0.25) is 0 Å². The normalized spacial score (nSPS) is 34.9. The van der Waals surface area contributed by atoms with Gasteiger partial charge in [0.15, 0.2) is 0 Å². The highest BCUT2D eigenvalue weighted by atomic mass is 16.5. The Kier molecular flexibility index (Phi) is 18.7. The largest absolute Gasteiger partial charge is 0.469 e. The van der Waals surface area contributed by atoms with Crippen LogP contribution >= 0.6 is 0 Å². The molecular formula is C51H79N9O9. The maximum Gasteiger partial charge on any atom is 0.407 e. The van der Waals surface area contributed by atoms with Gasteiger partial charge in [-0.25, -0.2) is 4.79 Å². The summed E-state index contributed by atoms with van der Waals surface area (Å²) < 4.78 is 10.5. The summed E-state index contributed by atoms with van der Waals surface area (Å²) in [4.78, 5) is 96.3. The fraction of sp³-hybridized carbons (Fsp3) is 0.745. The Morgan fingerprint density at radius 3 is 1.17 bits per heavy atom. The minimum absolute atomic E-state index is 0.103. The maximum absolute atomic E-state index is 14.4. The summed E-state index contributed by atoms with van der Waals surface area (Å²) in [5.74, 6) is -4.74. The van der Waals surface area contributed by atoms with Crippen molar-refractivity contribution in [3.05, 3.63) is 35.9 Å². The highest BCUT2D eigenvalue weighted by Crippen LogP contribution is 2.33. The Morgan fingerprint density at radius 1 is 0.435 bits per heavy atom. The number of carbonyl (C=O) groups excluding carboxylic acids is 7. The minimum Gasteiger partial charge on any atom is -0.469 e. The predicted octanol–water partition coefficient (Wildman–Crippen LogP) is 2.83. The quantitative estimate of drug-likeness (QED) is 0.122. The van der Waals surface area contributed by atoms with Gasteiger partial charge in [-0.05, 0) is 102 Å². The number of amides is 6. The van der Waals surface area contributed by atoms with E-state index in [1.807, 2.05) is 30.3 Å². The van der Waals surface area contributed by atoms with E-state index in [1.165, 1.54) is 7.11 Å². The maximum atomic E-state index is 14.4. The number of methoxy groups -OCH3 is 1. The van der Waals surface area contributed by atoms with E-state index >= 15 is 0 Å². The molecule has 12 N–H and O–H groups in total. The van der Waals surface area contributed by atoms with Crippen molar-refractivity contribution in [3.8, 4) is 0 Å². The van der Waals surface area contributed by atoms with Crippen LogP contribution < -0.4 is 49.1 Å². The molecule has 6 aliphatic rings. The molecule has 382 valence electrons. The average Bonchev–Trinajstić information content (AvgIpc) is 3.35. The van der Waals surface area contributed by atoms with Gasteiger partial charge in [0.05, 0.1) is 42.6 Å². The van der Waals surface area contributed by atoms with Crippen molar-refractivity contribution in [2.45, 2.75) is 196 Å². The van der Waals surface area contributed by atoms with Gasteiger partial charge in [0.2, 0.25) is 29.5 Å². The molecule has 0 radical (unpaired) electrons.